The maximum absolute atomic E-state index is 12.2. The summed E-state index contributed by atoms with van der Waals surface area (Å²) >= 11 is 0. The molecule has 1 rings (SSSR count). The maximum atomic E-state index is 12.2. The van der Waals surface area contributed by atoms with Crippen LogP contribution in [0, 0.1) is 0 Å². The van der Waals surface area contributed by atoms with E-state index in [-0.39, 0.29) is 17.9 Å². The van der Waals surface area contributed by atoms with Crippen LogP contribution in [-0.2, 0) is 6.54 Å². The molecule has 9 heteroatoms. The second-order valence-corrected chi connectivity index (χ2v) is 5.03. The highest BCUT2D eigenvalue weighted by Crippen LogP contribution is 2.21. The molecule has 0 aromatic carbocycles. The van der Waals surface area contributed by atoms with Crippen molar-refractivity contribution in [2.45, 2.75) is 38.6 Å². The van der Waals surface area contributed by atoms with E-state index in [1.165, 1.54) is 13.8 Å². The third kappa shape index (κ3) is 5.08. The largest absolute Gasteiger partial charge is 0.396 e. The molecular weight excluding hydrogens is 277 g/mol. The Hall–Kier alpha value is -1.77. The molecule has 6 nitrogen and oxygen atoms in total. The molecule has 0 saturated heterocycles. The number of aromatic nitrogens is 2. The van der Waals surface area contributed by atoms with Gasteiger partial charge in [-0.2, -0.15) is 18.3 Å². The van der Waals surface area contributed by atoms with Gasteiger partial charge in [0.25, 0.3) is 5.91 Å². The lowest BCUT2D eigenvalue weighted by Gasteiger charge is -2.18. The van der Waals surface area contributed by atoms with Crippen molar-refractivity contribution >= 4 is 11.6 Å². The number of aryl methyl sites for hydroxylation is 1. The number of hydrogen-bond acceptors (Lipinski definition) is 4. The van der Waals surface area contributed by atoms with E-state index in [1.807, 2.05) is 0 Å². The molecule has 0 fully saturated rings. The van der Waals surface area contributed by atoms with Gasteiger partial charge in [-0.15, -0.1) is 0 Å². The number of anilines is 1. The van der Waals surface area contributed by atoms with Gasteiger partial charge in [-0.25, -0.2) is 0 Å². The van der Waals surface area contributed by atoms with Crippen LogP contribution < -0.4 is 11.1 Å². The number of halogens is 3. The summed E-state index contributed by atoms with van der Waals surface area (Å²) in [6.07, 6.45) is -4.34. The highest BCUT2D eigenvalue weighted by molar-refractivity contribution is 5.97. The number of nitrogen functional groups attached to an aromatic ring is 1. The van der Waals surface area contributed by atoms with Gasteiger partial charge < -0.3 is 16.2 Å². The normalized spacial score (nSPS) is 12.5. The van der Waals surface area contributed by atoms with Gasteiger partial charge in [0.05, 0.1) is 30.5 Å². The zero-order chi connectivity index (χ0) is 15.6. The molecule has 4 N–H and O–H groups in total. The smallest absolute Gasteiger partial charge is 0.390 e. The molecule has 0 atom stereocenters. The Balaban J connectivity index is 2.78. The predicted molar refractivity (Wildman–Crippen MR) is 65.9 cm³/mol. The van der Waals surface area contributed by atoms with Gasteiger partial charge in [0.1, 0.15) is 5.69 Å². The van der Waals surface area contributed by atoms with Gasteiger partial charge in [0, 0.05) is 6.54 Å². The summed E-state index contributed by atoms with van der Waals surface area (Å²) in [6, 6.07) is 0. The Morgan fingerprint density at radius 2 is 2.10 bits per heavy atom. The average Bonchev–Trinajstić information content (AvgIpc) is 2.63. The lowest BCUT2D eigenvalue weighted by atomic mass is 10.1. The van der Waals surface area contributed by atoms with Crippen molar-refractivity contribution in [1.82, 2.24) is 15.1 Å². The summed E-state index contributed by atoms with van der Waals surface area (Å²) in [7, 11) is 0. The first-order valence-electron chi connectivity index (χ1n) is 5.88. The van der Waals surface area contributed by atoms with E-state index in [0.717, 1.165) is 10.9 Å². The predicted octanol–water partition coefficient (Wildman–Crippen LogP) is 0.918. The van der Waals surface area contributed by atoms with Crippen LogP contribution in [0.5, 0.6) is 0 Å². The fourth-order valence-electron chi connectivity index (χ4n) is 1.43. The number of carbonyl (C=O) groups excluding carboxylic acids is 1. The monoisotopic (exact) mass is 294 g/mol. The second-order valence-electron chi connectivity index (χ2n) is 5.03. The number of hydrogen-bond donors (Lipinski definition) is 3. The molecule has 0 unspecified atom stereocenters. The standard InChI is InChI=1S/C11H17F3N4O2/c1-10(2,20)6-16-9(19)8-7(15)5-17-18(8)4-3-11(12,13)14/h5,20H,3-4,6,15H2,1-2H3,(H,16,19). The molecule has 0 spiro atoms. The Morgan fingerprint density at radius 1 is 1.50 bits per heavy atom. The van der Waals surface area contributed by atoms with E-state index in [0.29, 0.717) is 0 Å². The number of nitrogens with one attached hydrogen (secondary N) is 1. The minimum absolute atomic E-state index is 0.0135. The molecule has 114 valence electrons. The highest BCUT2D eigenvalue weighted by Gasteiger charge is 2.28. The minimum atomic E-state index is -4.35. The van der Waals surface area contributed by atoms with Gasteiger partial charge >= 0.3 is 6.18 Å². The summed E-state index contributed by atoms with van der Waals surface area (Å²) in [5, 5.41) is 15.5. The number of aliphatic hydroxyl groups is 1. The van der Waals surface area contributed by atoms with E-state index < -0.39 is 30.7 Å². The lowest BCUT2D eigenvalue weighted by molar-refractivity contribution is -0.137. The van der Waals surface area contributed by atoms with Gasteiger partial charge in [0.2, 0.25) is 0 Å². The van der Waals surface area contributed by atoms with Gasteiger partial charge in [-0.1, -0.05) is 0 Å². The first kappa shape index (κ1) is 16.3. The van der Waals surface area contributed by atoms with Crippen LogP contribution in [0.1, 0.15) is 30.8 Å². The third-order valence-electron chi connectivity index (χ3n) is 2.37. The molecule has 1 aromatic heterocycles. The fourth-order valence-corrected chi connectivity index (χ4v) is 1.43. The average molecular weight is 294 g/mol. The molecule has 1 heterocycles. The summed E-state index contributed by atoms with van der Waals surface area (Å²) < 4.78 is 37.4. The molecule has 1 aromatic rings. The van der Waals surface area contributed by atoms with Crippen LogP contribution in [0.2, 0.25) is 0 Å². The molecular formula is C11H17F3N4O2. The van der Waals surface area contributed by atoms with Crippen molar-refractivity contribution in [2.75, 3.05) is 12.3 Å². The SMILES string of the molecule is CC(C)(O)CNC(=O)c1c(N)cnn1CCC(F)(F)F. The Bertz CT molecular complexity index is 477. The number of nitrogens with two attached hydrogens (primary N) is 1. The van der Waals surface area contributed by atoms with Crippen LogP contribution in [0.15, 0.2) is 6.20 Å². The van der Waals surface area contributed by atoms with Crippen LogP contribution in [0.4, 0.5) is 18.9 Å². The Kier molecular flexibility index (Phi) is 4.64. The van der Waals surface area contributed by atoms with Crippen molar-refractivity contribution in [3.63, 3.8) is 0 Å². The third-order valence-corrected chi connectivity index (χ3v) is 2.37. The highest BCUT2D eigenvalue weighted by atomic mass is 19.4. The summed E-state index contributed by atoms with van der Waals surface area (Å²) in [5.74, 6) is -0.677. The fraction of sp³-hybridized carbons (Fsp3) is 0.636. The number of rotatable bonds is 5. The van der Waals surface area contributed by atoms with E-state index in [4.69, 9.17) is 5.73 Å². The van der Waals surface area contributed by atoms with Crippen LogP contribution in [-0.4, -0.2) is 39.1 Å². The zero-order valence-electron chi connectivity index (χ0n) is 11.2. The van der Waals surface area contributed by atoms with Gasteiger partial charge in [-0.05, 0) is 13.8 Å². The number of carbonyl (C=O) groups is 1. The van der Waals surface area contributed by atoms with Crippen molar-refractivity contribution in [3.8, 4) is 0 Å². The molecule has 1 amide bonds. The van der Waals surface area contributed by atoms with Crippen LogP contribution >= 0.6 is 0 Å². The van der Waals surface area contributed by atoms with E-state index in [1.54, 1.807) is 0 Å². The topological polar surface area (TPSA) is 93.2 Å². The zero-order valence-corrected chi connectivity index (χ0v) is 11.2. The second kappa shape index (κ2) is 5.70. The molecule has 20 heavy (non-hydrogen) atoms. The quantitative estimate of drug-likeness (QED) is 0.752. The van der Waals surface area contributed by atoms with Crippen molar-refractivity contribution < 1.29 is 23.1 Å². The summed E-state index contributed by atoms with van der Waals surface area (Å²) in [6.45, 7) is 2.41. The van der Waals surface area contributed by atoms with Crippen LogP contribution in [0.25, 0.3) is 0 Å². The summed E-state index contributed by atoms with van der Waals surface area (Å²) in [5.41, 5.74) is 4.24. The molecule has 0 aliphatic heterocycles. The Labute approximate surface area is 113 Å². The van der Waals surface area contributed by atoms with Crippen LogP contribution in [0.3, 0.4) is 0 Å². The maximum Gasteiger partial charge on any atom is 0.390 e. The molecule has 0 aliphatic rings. The van der Waals surface area contributed by atoms with E-state index in [2.05, 4.69) is 10.4 Å². The molecule has 0 bridgehead atoms. The molecule has 0 radical (unpaired) electrons. The molecule has 0 saturated carbocycles. The first-order chi connectivity index (χ1) is 8.99. The lowest BCUT2D eigenvalue weighted by Crippen LogP contribution is -2.39. The number of nitrogens with zero attached hydrogens (tertiary/aromatic N) is 2. The summed E-state index contributed by atoms with van der Waals surface area (Å²) in [4.78, 5) is 11.9. The van der Waals surface area contributed by atoms with Crippen molar-refractivity contribution in [3.05, 3.63) is 11.9 Å². The Morgan fingerprint density at radius 3 is 2.60 bits per heavy atom. The van der Waals surface area contributed by atoms with E-state index >= 15 is 0 Å². The van der Waals surface area contributed by atoms with Gasteiger partial charge in [0.15, 0.2) is 0 Å². The minimum Gasteiger partial charge on any atom is -0.396 e. The van der Waals surface area contributed by atoms with Crippen molar-refractivity contribution in [2.24, 2.45) is 0 Å². The first-order valence-corrected chi connectivity index (χ1v) is 5.88. The number of amides is 1. The van der Waals surface area contributed by atoms with Crippen molar-refractivity contribution in [1.29, 1.82) is 0 Å². The van der Waals surface area contributed by atoms with Gasteiger partial charge in [-0.3, -0.25) is 9.48 Å². The number of alkyl halides is 3. The van der Waals surface area contributed by atoms with E-state index in [9.17, 15) is 23.1 Å². The molecule has 0 aliphatic carbocycles.